The number of hydrogen-bond acceptors (Lipinski definition) is 1. The van der Waals surface area contributed by atoms with Crippen LogP contribution in [0.1, 0.15) is 19.5 Å². The van der Waals surface area contributed by atoms with Gasteiger partial charge in [0, 0.05) is 13.7 Å². The van der Waals surface area contributed by atoms with Crippen molar-refractivity contribution in [1.29, 1.82) is 0 Å². The molecule has 0 saturated carbocycles. The van der Waals surface area contributed by atoms with Crippen LogP contribution in [0, 0.1) is 0 Å². The van der Waals surface area contributed by atoms with E-state index in [2.05, 4.69) is 30.4 Å². The lowest BCUT2D eigenvalue weighted by atomic mass is 10.1. The monoisotopic (exact) mass is 149 g/mol. The van der Waals surface area contributed by atoms with Gasteiger partial charge in [-0.3, -0.25) is 0 Å². The lowest BCUT2D eigenvalue weighted by Gasteiger charge is -2.01. The molecule has 1 heteroatoms. The molecule has 0 aromatic heterocycles. The molecule has 1 heterocycles. The van der Waals surface area contributed by atoms with E-state index >= 15 is 0 Å². The van der Waals surface area contributed by atoms with E-state index in [1.165, 1.54) is 23.2 Å². The number of fused-ring (bicyclic) bond motifs is 1. The molecule has 0 bridgehead atoms. The van der Waals surface area contributed by atoms with Crippen molar-refractivity contribution in [3.8, 4) is 0 Å². The van der Waals surface area contributed by atoms with Gasteiger partial charge in [-0.2, -0.15) is 0 Å². The second kappa shape index (κ2) is 2.57. The summed E-state index contributed by atoms with van der Waals surface area (Å²) in [6.45, 7) is 3.30. The van der Waals surface area contributed by atoms with Crippen molar-refractivity contribution in [3.63, 3.8) is 0 Å². The normalized spacial score (nSPS) is 14.3. The van der Waals surface area contributed by atoms with Crippen molar-refractivity contribution < 1.29 is 1.43 Å². The summed E-state index contributed by atoms with van der Waals surface area (Å²) in [7, 11) is 0. The highest BCUT2D eigenvalue weighted by molar-refractivity contribution is 5.56. The Morgan fingerprint density at radius 2 is 2.45 bits per heavy atom. The number of hydrogen-bond donors (Lipinski definition) is 1. The Bertz CT molecular complexity index is 271. The van der Waals surface area contributed by atoms with Crippen LogP contribution in [-0.2, 0) is 12.8 Å². The van der Waals surface area contributed by atoms with Crippen molar-refractivity contribution >= 4 is 5.69 Å². The van der Waals surface area contributed by atoms with Gasteiger partial charge in [-0.25, -0.2) is 0 Å². The van der Waals surface area contributed by atoms with E-state index in [0.29, 0.717) is 0 Å². The van der Waals surface area contributed by atoms with Gasteiger partial charge in [-0.05, 0) is 30.0 Å². The predicted octanol–water partition coefficient (Wildman–Crippen LogP) is 2.46. The summed E-state index contributed by atoms with van der Waals surface area (Å²) in [6.07, 6.45) is 2.33. The molecular weight excluding hydrogens is 134 g/mol. The average molecular weight is 149 g/mol. The Labute approximate surface area is 68.9 Å². The number of benzene rings is 1. The van der Waals surface area contributed by atoms with E-state index in [-0.39, 0.29) is 1.43 Å². The highest BCUT2D eigenvalue weighted by Gasteiger charge is 2.08. The molecule has 0 unspecified atom stereocenters. The first kappa shape index (κ1) is 6.71. The molecule has 1 N–H and O–H groups in total. The van der Waals surface area contributed by atoms with E-state index in [9.17, 15) is 0 Å². The minimum Gasteiger partial charge on any atom is -0.384 e. The number of anilines is 1. The van der Waals surface area contributed by atoms with Crippen LogP contribution < -0.4 is 5.32 Å². The summed E-state index contributed by atoms with van der Waals surface area (Å²) in [4.78, 5) is 0. The molecule has 0 saturated heterocycles. The lowest BCUT2D eigenvalue weighted by Crippen LogP contribution is -1.91. The Morgan fingerprint density at radius 3 is 3.27 bits per heavy atom. The third kappa shape index (κ3) is 1.11. The van der Waals surface area contributed by atoms with E-state index in [0.717, 1.165) is 13.0 Å². The fraction of sp³-hybridized carbons (Fsp3) is 0.400. The Kier molecular flexibility index (Phi) is 1.57. The van der Waals surface area contributed by atoms with Gasteiger partial charge in [-0.1, -0.05) is 19.1 Å². The van der Waals surface area contributed by atoms with Crippen LogP contribution in [0.2, 0.25) is 0 Å². The summed E-state index contributed by atoms with van der Waals surface area (Å²) in [5.41, 5.74) is 4.25. The molecule has 0 radical (unpaired) electrons. The molecule has 1 nitrogen and oxygen atoms in total. The first-order valence-electron chi connectivity index (χ1n) is 4.26. The molecule has 0 spiro atoms. The predicted molar refractivity (Wildman–Crippen MR) is 50.1 cm³/mol. The highest BCUT2D eigenvalue weighted by Crippen LogP contribution is 2.23. The molecule has 0 atom stereocenters. The van der Waals surface area contributed by atoms with E-state index < -0.39 is 0 Å². The Hall–Kier alpha value is -0.980. The zero-order chi connectivity index (χ0) is 7.68. The number of rotatable bonds is 1. The minimum absolute atomic E-state index is 0. The van der Waals surface area contributed by atoms with Gasteiger partial charge >= 0.3 is 0 Å². The SMILES string of the molecule is CCc1ccc2c(c1)NCC2.[HH]. The van der Waals surface area contributed by atoms with Gasteiger partial charge in [0.05, 0.1) is 0 Å². The van der Waals surface area contributed by atoms with Crippen LogP contribution in [0.3, 0.4) is 0 Å². The van der Waals surface area contributed by atoms with E-state index in [4.69, 9.17) is 0 Å². The van der Waals surface area contributed by atoms with Crippen molar-refractivity contribution in [2.24, 2.45) is 0 Å². The maximum atomic E-state index is 3.37. The average Bonchev–Trinajstić information content (AvgIpc) is 2.50. The van der Waals surface area contributed by atoms with Crippen molar-refractivity contribution in [2.45, 2.75) is 19.8 Å². The molecule has 1 aromatic carbocycles. The van der Waals surface area contributed by atoms with Gasteiger partial charge in [0.15, 0.2) is 0 Å². The summed E-state index contributed by atoms with van der Waals surface area (Å²) < 4.78 is 0. The Balaban J connectivity index is 0.000000720. The summed E-state index contributed by atoms with van der Waals surface area (Å²) >= 11 is 0. The lowest BCUT2D eigenvalue weighted by molar-refractivity contribution is 1.10. The molecule has 0 amide bonds. The largest absolute Gasteiger partial charge is 0.384 e. The number of aryl methyl sites for hydroxylation is 1. The standard InChI is InChI=1S/C10H13N.H2/c1-2-8-3-4-9-5-6-11-10(9)7-8;/h3-4,7,11H,2,5-6H2,1H3;1H. The topological polar surface area (TPSA) is 12.0 Å². The Morgan fingerprint density at radius 1 is 1.55 bits per heavy atom. The van der Waals surface area contributed by atoms with E-state index in [1.54, 1.807) is 0 Å². The second-order valence-corrected chi connectivity index (χ2v) is 3.02. The molecular formula is C10H15N. The molecule has 2 rings (SSSR count). The molecule has 0 fully saturated rings. The van der Waals surface area contributed by atoms with Crippen molar-refractivity contribution in [3.05, 3.63) is 29.3 Å². The molecule has 60 valence electrons. The summed E-state index contributed by atoms with van der Waals surface area (Å²) in [5, 5.41) is 3.37. The van der Waals surface area contributed by atoms with Gasteiger partial charge in [-0.15, -0.1) is 0 Å². The van der Waals surface area contributed by atoms with Gasteiger partial charge in [0.25, 0.3) is 0 Å². The molecule has 1 aromatic rings. The van der Waals surface area contributed by atoms with Crippen LogP contribution in [0.25, 0.3) is 0 Å². The zero-order valence-corrected chi connectivity index (χ0v) is 6.85. The van der Waals surface area contributed by atoms with Gasteiger partial charge < -0.3 is 5.32 Å². The van der Waals surface area contributed by atoms with Crippen LogP contribution in [0.5, 0.6) is 0 Å². The summed E-state index contributed by atoms with van der Waals surface area (Å²) in [6, 6.07) is 6.74. The maximum absolute atomic E-state index is 3.37. The molecule has 1 aliphatic heterocycles. The minimum atomic E-state index is 0. The van der Waals surface area contributed by atoms with Crippen LogP contribution in [0.15, 0.2) is 18.2 Å². The van der Waals surface area contributed by atoms with Crippen molar-refractivity contribution in [1.82, 2.24) is 0 Å². The smallest absolute Gasteiger partial charge is 0.0376 e. The third-order valence-corrected chi connectivity index (χ3v) is 2.29. The molecule has 0 aliphatic carbocycles. The van der Waals surface area contributed by atoms with Crippen LogP contribution >= 0.6 is 0 Å². The van der Waals surface area contributed by atoms with Crippen LogP contribution in [-0.4, -0.2) is 6.54 Å². The highest BCUT2D eigenvalue weighted by atomic mass is 14.9. The molecule has 1 aliphatic rings. The van der Waals surface area contributed by atoms with Gasteiger partial charge in [0.2, 0.25) is 0 Å². The van der Waals surface area contributed by atoms with Crippen molar-refractivity contribution in [2.75, 3.05) is 11.9 Å². The van der Waals surface area contributed by atoms with Crippen LogP contribution in [0.4, 0.5) is 5.69 Å². The quantitative estimate of drug-likeness (QED) is 0.646. The fourth-order valence-corrected chi connectivity index (χ4v) is 1.56. The first-order chi connectivity index (χ1) is 5.40. The van der Waals surface area contributed by atoms with E-state index in [1.807, 2.05) is 0 Å². The fourth-order valence-electron chi connectivity index (χ4n) is 1.56. The molecule has 11 heavy (non-hydrogen) atoms. The van der Waals surface area contributed by atoms with Gasteiger partial charge in [0.1, 0.15) is 0 Å². The number of nitrogens with one attached hydrogen (secondary N) is 1. The third-order valence-electron chi connectivity index (χ3n) is 2.29. The summed E-state index contributed by atoms with van der Waals surface area (Å²) in [5.74, 6) is 0. The maximum Gasteiger partial charge on any atom is 0.0376 e. The second-order valence-electron chi connectivity index (χ2n) is 3.02. The first-order valence-corrected chi connectivity index (χ1v) is 4.26. The zero-order valence-electron chi connectivity index (χ0n) is 6.85.